The predicted molar refractivity (Wildman–Crippen MR) is 62.6 cm³/mol. The van der Waals surface area contributed by atoms with Crippen molar-refractivity contribution in [3.63, 3.8) is 0 Å². The van der Waals surface area contributed by atoms with Crippen LogP contribution in [0.5, 0.6) is 0 Å². The summed E-state index contributed by atoms with van der Waals surface area (Å²) in [7, 11) is 0. The fraction of sp³-hybridized carbons (Fsp3) is 0.0769. The van der Waals surface area contributed by atoms with E-state index in [0.717, 1.165) is 11.1 Å². The van der Waals surface area contributed by atoms with E-state index in [1.54, 1.807) is 24.3 Å². The number of benzene rings is 1. The van der Waals surface area contributed by atoms with Crippen LogP contribution in [0.3, 0.4) is 0 Å². The molecule has 17 heavy (non-hydrogen) atoms. The molecule has 0 saturated heterocycles. The summed E-state index contributed by atoms with van der Waals surface area (Å²) in [6.07, 6.45) is 2.98. The Balaban J connectivity index is 2.48. The molecular weight excluding hydrogens is 218 g/mol. The lowest BCUT2D eigenvalue weighted by Crippen LogP contribution is -1.99. The zero-order valence-corrected chi connectivity index (χ0v) is 9.00. The first-order chi connectivity index (χ1) is 8.22. The number of aliphatic hydroxyl groups excluding tert-OH is 1. The van der Waals surface area contributed by atoms with Crippen LogP contribution >= 0.6 is 0 Å². The maximum absolute atomic E-state index is 11.1. The Morgan fingerprint density at radius 2 is 1.88 bits per heavy atom. The molecule has 4 heteroatoms. The van der Waals surface area contributed by atoms with Gasteiger partial charge in [-0.05, 0) is 17.2 Å². The van der Waals surface area contributed by atoms with Crippen molar-refractivity contribution in [2.24, 2.45) is 0 Å². The molecule has 2 aromatic rings. The lowest BCUT2D eigenvalue weighted by molar-refractivity contribution is 0.0697. The number of carboxylic acid groups (broad SMARTS) is 1. The van der Waals surface area contributed by atoms with Crippen LogP contribution in [0.1, 0.15) is 15.9 Å². The molecule has 2 rings (SSSR count). The third kappa shape index (κ3) is 2.32. The third-order valence-electron chi connectivity index (χ3n) is 2.50. The highest BCUT2D eigenvalue weighted by Crippen LogP contribution is 2.23. The first-order valence-corrected chi connectivity index (χ1v) is 5.10. The SMILES string of the molecule is O=C(O)c1ccncc1-c1ccc(CO)cc1. The summed E-state index contributed by atoms with van der Waals surface area (Å²) in [5, 5.41) is 18.0. The standard InChI is InChI=1S/C13H11NO3/c15-8-9-1-3-10(4-2-9)12-7-14-6-5-11(12)13(16)17/h1-7,15H,8H2,(H,16,17). The van der Waals surface area contributed by atoms with Crippen molar-refractivity contribution in [3.05, 3.63) is 53.9 Å². The van der Waals surface area contributed by atoms with E-state index in [1.165, 1.54) is 18.5 Å². The number of nitrogens with zero attached hydrogens (tertiary/aromatic N) is 1. The van der Waals surface area contributed by atoms with Gasteiger partial charge in [0.15, 0.2) is 0 Å². The first-order valence-electron chi connectivity index (χ1n) is 5.10. The van der Waals surface area contributed by atoms with E-state index in [1.807, 2.05) is 0 Å². The summed E-state index contributed by atoms with van der Waals surface area (Å²) >= 11 is 0. The molecule has 0 aliphatic rings. The minimum absolute atomic E-state index is 0.0287. The van der Waals surface area contributed by atoms with E-state index < -0.39 is 5.97 Å². The van der Waals surface area contributed by atoms with Crippen LogP contribution < -0.4 is 0 Å². The first kappa shape index (κ1) is 11.3. The lowest BCUT2D eigenvalue weighted by atomic mass is 10.0. The fourth-order valence-corrected chi connectivity index (χ4v) is 1.60. The van der Waals surface area contributed by atoms with E-state index >= 15 is 0 Å². The molecular formula is C13H11NO3. The highest BCUT2D eigenvalue weighted by molar-refractivity contribution is 5.95. The molecule has 0 fully saturated rings. The monoisotopic (exact) mass is 229 g/mol. The van der Waals surface area contributed by atoms with Crippen molar-refractivity contribution < 1.29 is 15.0 Å². The summed E-state index contributed by atoms with van der Waals surface area (Å²) in [5.41, 5.74) is 2.35. The Hall–Kier alpha value is -2.20. The van der Waals surface area contributed by atoms with Gasteiger partial charge in [-0.15, -0.1) is 0 Å². The normalized spacial score (nSPS) is 10.2. The second-order valence-electron chi connectivity index (χ2n) is 3.58. The summed E-state index contributed by atoms with van der Waals surface area (Å²) in [5.74, 6) is -0.978. The molecule has 0 saturated carbocycles. The van der Waals surface area contributed by atoms with Gasteiger partial charge in [-0.1, -0.05) is 24.3 Å². The van der Waals surface area contributed by atoms with Gasteiger partial charge >= 0.3 is 5.97 Å². The van der Waals surface area contributed by atoms with Gasteiger partial charge in [0.1, 0.15) is 0 Å². The van der Waals surface area contributed by atoms with Crippen LogP contribution in [0.15, 0.2) is 42.7 Å². The maximum atomic E-state index is 11.1. The smallest absolute Gasteiger partial charge is 0.336 e. The molecule has 0 unspecified atom stereocenters. The number of carbonyl (C=O) groups is 1. The van der Waals surface area contributed by atoms with Gasteiger partial charge in [0, 0.05) is 18.0 Å². The number of rotatable bonds is 3. The van der Waals surface area contributed by atoms with Gasteiger partial charge in [0.25, 0.3) is 0 Å². The highest BCUT2D eigenvalue weighted by Gasteiger charge is 2.10. The summed E-state index contributed by atoms with van der Waals surface area (Å²) in [4.78, 5) is 15.0. The molecule has 0 aliphatic heterocycles. The van der Waals surface area contributed by atoms with E-state index in [0.29, 0.717) is 5.56 Å². The highest BCUT2D eigenvalue weighted by atomic mass is 16.4. The number of hydrogen-bond donors (Lipinski definition) is 2. The van der Waals surface area contributed by atoms with Crippen molar-refractivity contribution in [1.82, 2.24) is 4.98 Å². The van der Waals surface area contributed by atoms with Gasteiger partial charge in [-0.3, -0.25) is 4.98 Å². The van der Waals surface area contributed by atoms with E-state index in [-0.39, 0.29) is 12.2 Å². The number of aliphatic hydroxyl groups is 1. The van der Waals surface area contributed by atoms with Gasteiger partial charge < -0.3 is 10.2 Å². The van der Waals surface area contributed by atoms with Gasteiger partial charge in [0.2, 0.25) is 0 Å². The molecule has 0 atom stereocenters. The minimum atomic E-state index is -0.978. The van der Waals surface area contributed by atoms with Crippen LogP contribution in [0.25, 0.3) is 11.1 Å². The van der Waals surface area contributed by atoms with Crippen molar-refractivity contribution in [1.29, 1.82) is 0 Å². The van der Waals surface area contributed by atoms with Crippen LogP contribution in [0.4, 0.5) is 0 Å². The van der Waals surface area contributed by atoms with Gasteiger partial charge in [-0.2, -0.15) is 0 Å². The van der Waals surface area contributed by atoms with E-state index in [9.17, 15) is 4.79 Å². The molecule has 1 aromatic carbocycles. The Morgan fingerprint density at radius 3 is 2.47 bits per heavy atom. The topological polar surface area (TPSA) is 70.4 Å². The Bertz CT molecular complexity index is 535. The lowest BCUT2D eigenvalue weighted by Gasteiger charge is -2.05. The van der Waals surface area contributed by atoms with Crippen molar-refractivity contribution in [2.45, 2.75) is 6.61 Å². The minimum Gasteiger partial charge on any atom is -0.478 e. The average Bonchev–Trinajstić information content (AvgIpc) is 2.39. The maximum Gasteiger partial charge on any atom is 0.336 e. The van der Waals surface area contributed by atoms with Gasteiger partial charge in [0.05, 0.1) is 12.2 Å². The zero-order chi connectivity index (χ0) is 12.3. The summed E-state index contributed by atoms with van der Waals surface area (Å²) in [6.45, 7) is -0.0287. The molecule has 0 radical (unpaired) electrons. The second kappa shape index (κ2) is 4.76. The van der Waals surface area contributed by atoms with Crippen molar-refractivity contribution >= 4 is 5.97 Å². The third-order valence-corrected chi connectivity index (χ3v) is 2.50. The number of hydrogen-bond acceptors (Lipinski definition) is 3. The molecule has 4 nitrogen and oxygen atoms in total. The molecule has 0 aliphatic carbocycles. The number of pyridine rings is 1. The molecule has 1 aromatic heterocycles. The zero-order valence-electron chi connectivity index (χ0n) is 9.00. The average molecular weight is 229 g/mol. The van der Waals surface area contributed by atoms with Crippen LogP contribution in [0, 0.1) is 0 Å². The van der Waals surface area contributed by atoms with Crippen LogP contribution in [-0.2, 0) is 6.61 Å². The van der Waals surface area contributed by atoms with Crippen LogP contribution in [0.2, 0.25) is 0 Å². The van der Waals surface area contributed by atoms with Crippen molar-refractivity contribution in [3.8, 4) is 11.1 Å². The van der Waals surface area contributed by atoms with E-state index in [4.69, 9.17) is 10.2 Å². The van der Waals surface area contributed by atoms with Crippen molar-refractivity contribution in [2.75, 3.05) is 0 Å². The molecule has 0 spiro atoms. The Kier molecular flexibility index (Phi) is 3.16. The van der Waals surface area contributed by atoms with E-state index in [2.05, 4.69) is 4.98 Å². The quantitative estimate of drug-likeness (QED) is 0.843. The Labute approximate surface area is 98.2 Å². The predicted octanol–water partition coefficient (Wildman–Crippen LogP) is 1.94. The number of aromatic nitrogens is 1. The fourth-order valence-electron chi connectivity index (χ4n) is 1.60. The molecule has 2 N–H and O–H groups in total. The summed E-state index contributed by atoms with van der Waals surface area (Å²) in [6, 6.07) is 8.53. The largest absolute Gasteiger partial charge is 0.478 e. The molecule has 1 heterocycles. The molecule has 86 valence electrons. The molecule has 0 amide bonds. The van der Waals surface area contributed by atoms with Gasteiger partial charge in [-0.25, -0.2) is 4.79 Å². The Morgan fingerprint density at radius 1 is 1.18 bits per heavy atom. The summed E-state index contributed by atoms with van der Waals surface area (Å²) < 4.78 is 0. The number of carboxylic acids is 1. The van der Waals surface area contributed by atoms with Crippen LogP contribution in [-0.4, -0.2) is 21.2 Å². The molecule has 0 bridgehead atoms. The second-order valence-corrected chi connectivity index (χ2v) is 3.58. The number of aromatic carboxylic acids is 1.